The van der Waals surface area contributed by atoms with Crippen LogP contribution < -0.4 is 39.4 Å². The normalized spacial score (nSPS) is 11.0. The largest absolute Gasteiger partial charge is 1.00 e. The first kappa shape index (κ1) is 24.0. The molecule has 142 valence electrons. The molecule has 5 nitrogen and oxygen atoms in total. The van der Waals surface area contributed by atoms with Crippen molar-refractivity contribution in [1.82, 2.24) is 0 Å². The second-order valence-corrected chi connectivity index (χ2v) is 7.76. The predicted molar refractivity (Wildman–Crippen MR) is 99.3 cm³/mol. The molecule has 0 fully saturated rings. The first-order valence-electron chi connectivity index (χ1n) is 8.95. The summed E-state index contributed by atoms with van der Waals surface area (Å²) in [6.07, 6.45) is 7.69. The molecule has 0 heterocycles. The average molecular weight is 400 g/mol. The molecule has 2 aromatic carbocycles. The zero-order valence-electron chi connectivity index (χ0n) is 16.0. The summed E-state index contributed by atoms with van der Waals surface area (Å²) in [5.74, 6) is 0.699. The molecule has 0 radical (unpaired) electrons. The SMILES string of the molecule is CCCCCCCCc1ccc(S(=O)(=O)O)cc1Oc1ccc([O-])cc1.[Na+]. The van der Waals surface area contributed by atoms with Gasteiger partial charge in [-0.1, -0.05) is 57.2 Å². The van der Waals surface area contributed by atoms with Gasteiger partial charge in [0.05, 0.1) is 4.90 Å². The van der Waals surface area contributed by atoms with Gasteiger partial charge in [-0.25, -0.2) is 0 Å². The maximum Gasteiger partial charge on any atom is 1.00 e. The van der Waals surface area contributed by atoms with Crippen LogP contribution in [0.3, 0.4) is 0 Å². The topological polar surface area (TPSA) is 86.7 Å². The molecule has 0 aliphatic rings. The molecular weight excluding hydrogens is 375 g/mol. The van der Waals surface area contributed by atoms with Crippen molar-refractivity contribution in [2.45, 2.75) is 56.8 Å². The molecule has 2 aromatic rings. The summed E-state index contributed by atoms with van der Waals surface area (Å²) < 4.78 is 37.9. The van der Waals surface area contributed by atoms with Crippen molar-refractivity contribution in [3.63, 3.8) is 0 Å². The molecule has 0 saturated carbocycles. The molecule has 0 aliphatic heterocycles. The van der Waals surface area contributed by atoms with E-state index in [0.29, 0.717) is 11.5 Å². The van der Waals surface area contributed by atoms with Gasteiger partial charge in [-0.2, -0.15) is 8.42 Å². The number of hydrogen-bond acceptors (Lipinski definition) is 4. The fourth-order valence-corrected chi connectivity index (χ4v) is 3.22. The van der Waals surface area contributed by atoms with E-state index in [-0.39, 0.29) is 40.2 Å². The van der Waals surface area contributed by atoms with Gasteiger partial charge in [-0.05, 0) is 36.6 Å². The standard InChI is InChI=1S/C20H26O5S.Na/c1-2-3-4-5-6-7-8-16-9-14-19(26(22,23)24)15-20(16)25-18-12-10-17(21)11-13-18;/h9-15,21H,2-8H2,1H3,(H,22,23,24);/q;+1/p-1. The van der Waals surface area contributed by atoms with E-state index in [9.17, 15) is 18.1 Å². The number of rotatable bonds is 10. The fourth-order valence-electron chi connectivity index (χ4n) is 2.73. The number of ether oxygens (including phenoxy) is 1. The number of unbranched alkanes of at least 4 members (excludes halogenated alkanes) is 5. The Balaban J connectivity index is 0.00000364. The summed E-state index contributed by atoms with van der Waals surface area (Å²) in [6.45, 7) is 2.18. The van der Waals surface area contributed by atoms with E-state index in [1.807, 2.05) is 0 Å². The van der Waals surface area contributed by atoms with Gasteiger partial charge >= 0.3 is 29.6 Å². The Kier molecular flexibility index (Phi) is 10.4. The molecule has 1 N–H and O–H groups in total. The summed E-state index contributed by atoms with van der Waals surface area (Å²) in [5, 5.41) is 11.2. The van der Waals surface area contributed by atoms with Crippen molar-refractivity contribution in [2.75, 3.05) is 0 Å². The Morgan fingerprint density at radius 3 is 2.22 bits per heavy atom. The van der Waals surface area contributed by atoms with Gasteiger partial charge in [0.1, 0.15) is 11.5 Å². The molecule has 0 aliphatic carbocycles. The molecule has 27 heavy (non-hydrogen) atoms. The average Bonchev–Trinajstić information content (AvgIpc) is 2.60. The van der Waals surface area contributed by atoms with Crippen molar-refractivity contribution in [3.05, 3.63) is 48.0 Å². The van der Waals surface area contributed by atoms with E-state index >= 15 is 0 Å². The molecule has 0 amide bonds. The Morgan fingerprint density at radius 2 is 1.59 bits per heavy atom. The predicted octanol–water partition coefficient (Wildman–Crippen LogP) is 1.71. The molecule has 7 heteroatoms. The molecule has 0 spiro atoms. The Bertz CT molecular complexity index is 804. The van der Waals surface area contributed by atoms with Crippen LogP contribution in [0.5, 0.6) is 17.2 Å². The summed E-state index contributed by atoms with van der Waals surface area (Å²) in [4.78, 5) is -0.209. The zero-order chi connectivity index (χ0) is 19.0. The molecule has 0 atom stereocenters. The first-order chi connectivity index (χ1) is 12.4. The first-order valence-corrected chi connectivity index (χ1v) is 10.4. The second kappa shape index (κ2) is 11.7. The van der Waals surface area contributed by atoms with Gasteiger partial charge < -0.3 is 9.84 Å². The van der Waals surface area contributed by atoms with E-state index < -0.39 is 10.1 Å². The maximum atomic E-state index is 11.4. The van der Waals surface area contributed by atoms with Crippen LogP contribution in [-0.4, -0.2) is 13.0 Å². The molecule has 0 unspecified atom stereocenters. The van der Waals surface area contributed by atoms with Crippen LogP contribution in [0.1, 0.15) is 51.0 Å². The minimum atomic E-state index is -4.31. The number of aryl methyl sites for hydroxylation is 1. The number of benzene rings is 2. The summed E-state index contributed by atoms with van der Waals surface area (Å²) in [7, 11) is -4.31. The summed E-state index contributed by atoms with van der Waals surface area (Å²) >= 11 is 0. The number of hydrogen-bond donors (Lipinski definition) is 1. The summed E-state index contributed by atoms with van der Waals surface area (Å²) in [5.41, 5.74) is 0.874. The van der Waals surface area contributed by atoms with Crippen LogP contribution >= 0.6 is 0 Å². The third kappa shape index (κ3) is 8.23. The van der Waals surface area contributed by atoms with Gasteiger partial charge in [0.25, 0.3) is 10.1 Å². The van der Waals surface area contributed by atoms with E-state index in [2.05, 4.69) is 6.92 Å². The molecule has 0 saturated heterocycles. The van der Waals surface area contributed by atoms with Crippen LogP contribution in [0, 0.1) is 0 Å². The van der Waals surface area contributed by atoms with E-state index in [1.165, 1.54) is 62.1 Å². The van der Waals surface area contributed by atoms with Crippen LogP contribution in [0.2, 0.25) is 0 Å². The van der Waals surface area contributed by atoms with Crippen LogP contribution in [-0.2, 0) is 16.5 Å². The zero-order valence-corrected chi connectivity index (χ0v) is 18.8. The molecule has 2 rings (SSSR count). The Hall–Kier alpha value is -1.05. The smallest absolute Gasteiger partial charge is 0.872 e. The Morgan fingerprint density at radius 1 is 0.963 bits per heavy atom. The Labute approximate surface area is 183 Å². The van der Waals surface area contributed by atoms with Crippen molar-refractivity contribution in [2.24, 2.45) is 0 Å². The van der Waals surface area contributed by atoms with Gasteiger partial charge in [-0.15, -0.1) is 5.75 Å². The van der Waals surface area contributed by atoms with E-state index in [4.69, 9.17) is 4.74 Å². The second-order valence-electron chi connectivity index (χ2n) is 6.34. The van der Waals surface area contributed by atoms with Crippen molar-refractivity contribution >= 4 is 10.1 Å². The molecule has 0 aromatic heterocycles. The molecular formula is C20H25NaO5S. The minimum Gasteiger partial charge on any atom is -0.872 e. The third-order valence-corrected chi connectivity index (χ3v) is 5.04. The van der Waals surface area contributed by atoms with Crippen molar-refractivity contribution in [1.29, 1.82) is 0 Å². The van der Waals surface area contributed by atoms with E-state index in [1.54, 1.807) is 6.07 Å². The van der Waals surface area contributed by atoms with Crippen LogP contribution in [0.25, 0.3) is 0 Å². The monoisotopic (exact) mass is 400 g/mol. The van der Waals surface area contributed by atoms with Crippen LogP contribution in [0.4, 0.5) is 0 Å². The summed E-state index contributed by atoms with van der Waals surface area (Å²) in [6, 6.07) is 10.2. The maximum absolute atomic E-state index is 11.4. The van der Waals surface area contributed by atoms with Crippen molar-refractivity contribution < 1.29 is 52.4 Å². The van der Waals surface area contributed by atoms with E-state index in [0.717, 1.165) is 24.8 Å². The quantitative estimate of drug-likeness (QED) is 0.373. The van der Waals surface area contributed by atoms with Crippen LogP contribution in [0.15, 0.2) is 47.4 Å². The van der Waals surface area contributed by atoms with Gasteiger partial charge in [0.15, 0.2) is 0 Å². The fraction of sp³-hybridized carbons (Fsp3) is 0.400. The molecule has 0 bridgehead atoms. The van der Waals surface area contributed by atoms with Gasteiger partial charge in [0, 0.05) is 6.07 Å². The third-order valence-electron chi connectivity index (χ3n) is 4.19. The minimum absolute atomic E-state index is 0. The van der Waals surface area contributed by atoms with Gasteiger partial charge in [0.2, 0.25) is 0 Å². The van der Waals surface area contributed by atoms with Gasteiger partial charge in [-0.3, -0.25) is 4.55 Å². The van der Waals surface area contributed by atoms with Crippen molar-refractivity contribution in [3.8, 4) is 17.2 Å².